The maximum Gasteiger partial charge on any atom is 0.0358 e. The zero-order valence-corrected chi connectivity index (χ0v) is 18.1. The minimum Gasteiger partial charge on any atom is -0.0622 e. The van der Waals surface area contributed by atoms with Gasteiger partial charge in [0.15, 0.2) is 0 Å². The lowest BCUT2D eigenvalue weighted by Crippen LogP contribution is -2.02. The van der Waals surface area contributed by atoms with E-state index >= 15 is 0 Å². The second kappa shape index (κ2) is 7.66. The Bertz CT molecular complexity index is 1400. The van der Waals surface area contributed by atoms with Gasteiger partial charge < -0.3 is 0 Å². The van der Waals surface area contributed by atoms with E-state index in [9.17, 15) is 0 Å². The van der Waals surface area contributed by atoms with Gasteiger partial charge in [0.2, 0.25) is 0 Å². The third kappa shape index (κ3) is 2.92. The van der Waals surface area contributed by atoms with Crippen molar-refractivity contribution in [3.05, 3.63) is 144 Å². The van der Waals surface area contributed by atoms with Crippen LogP contribution in [0.5, 0.6) is 0 Å². The normalized spacial score (nSPS) is 14.1. The summed E-state index contributed by atoms with van der Waals surface area (Å²) < 4.78 is 0. The largest absolute Gasteiger partial charge is 0.0622 e. The molecule has 0 fully saturated rings. The van der Waals surface area contributed by atoms with Crippen LogP contribution in [0, 0.1) is 6.92 Å². The van der Waals surface area contributed by atoms with E-state index in [4.69, 9.17) is 0 Å². The molecule has 0 N–H and O–H groups in total. The van der Waals surface area contributed by atoms with Gasteiger partial charge >= 0.3 is 0 Å². The Kier molecular flexibility index (Phi) is 4.51. The van der Waals surface area contributed by atoms with Gasteiger partial charge in [0, 0.05) is 5.92 Å². The molecule has 0 heteroatoms. The fraction of sp³-hybridized carbons (Fsp3) is 0.0625. The van der Waals surface area contributed by atoms with Gasteiger partial charge in [0.1, 0.15) is 0 Å². The molecule has 32 heavy (non-hydrogen) atoms. The van der Waals surface area contributed by atoms with Crippen molar-refractivity contribution in [2.24, 2.45) is 0 Å². The molecular formula is C32H24. The quantitative estimate of drug-likeness (QED) is 0.275. The Morgan fingerprint density at radius 2 is 1.03 bits per heavy atom. The Balaban J connectivity index is 1.74. The summed E-state index contributed by atoms with van der Waals surface area (Å²) in [5.74, 6) is 0.237. The lowest BCUT2D eigenvalue weighted by molar-refractivity contribution is 1.02. The average Bonchev–Trinajstić information content (AvgIpc) is 3.22. The van der Waals surface area contributed by atoms with Crippen molar-refractivity contribution in [3.63, 3.8) is 0 Å². The van der Waals surface area contributed by atoms with Crippen LogP contribution in [-0.2, 0) is 0 Å². The third-order valence-electron chi connectivity index (χ3n) is 6.76. The molecule has 1 aliphatic rings. The van der Waals surface area contributed by atoms with Crippen LogP contribution in [0.15, 0.2) is 121 Å². The molecule has 0 nitrogen and oxygen atoms in total. The van der Waals surface area contributed by atoms with Crippen molar-refractivity contribution in [2.45, 2.75) is 12.8 Å². The topological polar surface area (TPSA) is 0 Å². The molecule has 0 aliphatic heterocycles. The van der Waals surface area contributed by atoms with Crippen molar-refractivity contribution in [1.82, 2.24) is 0 Å². The molecule has 0 radical (unpaired) electrons. The monoisotopic (exact) mass is 408 g/mol. The molecule has 0 saturated heterocycles. The van der Waals surface area contributed by atoms with Crippen LogP contribution in [0.4, 0.5) is 0 Å². The van der Waals surface area contributed by atoms with E-state index in [-0.39, 0.29) is 5.92 Å². The summed E-state index contributed by atoms with van der Waals surface area (Å²) in [6, 6.07) is 44.0. The van der Waals surface area contributed by atoms with Crippen LogP contribution in [0.1, 0.15) is 28.2 Å². The number of rotatable bonds is 3. The summed E-state index contributed by atoms with van der Waals surface area (Å²) in [6.07, 6.45) is 0. The third-order valence-corrected chi connectivity index (χ3v) is 6.76. The predicted molar refractivity (Wildman–Crippen MR) is 135 cm³/mol. The highest BCUT2D eigenvalue weighted by atomic mass is 14.4. The molecule has 0 spiro atoms. The fourth-order valence-electron chi connectivity index (χ4n) is 5.35. The van der Waals surface area contributed by atoms with Gasteiger partial charge in [-0.1, -0.05) is 115 Å². The van der Waals surface area contributed by atoms with E-state index < -0.39 is 0 Å². The summed E-state index contributed by atoms with van der Waals surface area (Å²) in [5.41, 5.74) is 13.5. The van der Waals surface area contributed by atoms with E-state index in [0.717, 1.165) is 0 Å². The SMILES string of the molecule is Cc1c(-c2ccccc2)cc(-c2ccccc2)c2c1-c1ccccc1[C@H]2c1ccccc1. The summed E-state index contributed by atoms with van der Waals surface area (Å²) in [7, 11) is 0. The van der Waals surface area contributed by atoms with Crippen LogP contribution in [0.3, 0.4) is 0 Å². The van der Waals surface area contributed by atoms with Crippen molar-refractivity contribution in [3.8, 4) is 33.4 Å². The molecular weight excluding hydrogens is 384 g/mol. The lowest BCUT2D eigenvalue weighted by Gasteiger charge is -2.21. The molecule has 5 aromatic carbocycles. The van der Waals surface area contributed by atoms with E-state index in [1.54, 1.807) is 0 Å². The molecule has 0 aromatic heterocycles. The van der Waals surface area contributed by atoms with E-state index in [1.165, 1.54) is 55.6 Å². The first-order valence-corrected chi connectivity index (χ1v) is 11.3. The van der Waals surface area contributed by atoms with Crippen LogP contribution in [0.25, 0.3) is 33.4 Å². The Morgan fingerprint density at radius 1 is 0.500 bits per heavy atom. The summed E-state index contributed by atoms with van der Waals surface area (Å²) in [5, 5.41) is 0. The van der Waals surface area contributed by atoms with Crippen LogP contribution in [-0.4, -0.2) is 0 Å². The fourth-order valence-corrected chi connectivity index (χ4v) is 5.35. The van der Waals surface area contributed by atoms with Crippen LogP contribution < -0.4 is 0 Å². The number of hydrogen-bond acceptors (Lipinski definition) is 0. The van der Waals surface area contributed by atoms with Crippen LogP contribution in [0.2, 0.25) is 0 Å². The molecule has 0 heterocycles. The van der Waals surface area contributed by atoms with Crippen LogP contribution >= 0.6 is 0 Å². The van der Waals surface area contributed by atoms with Gasteiger partial charge in [0.05, 0.1) is 0 Å². The standard InChI is InChI=1S/C32H24/c1-22-28(23-13-5-2-6-14-23)21-29(24-15-7-3-8-16-24)32-30(22)26-19-11-12-20-27(26)31(32)25-17-9-4-10-18-25/h2-21,31H,1H3/t31-/m1/s1. The van der Waals surface area contributed by atoms with Gasteiger partial charge in [-0.2, -0.15) is 0 Å². The highest BCUT2D eigenvalue weighted by Gasteiger charge is 2.34. The zero-order valence-electron chi connectivity index (χ0n) is 18.1. The van der Waals surface area contributed by atoms with E-state index in [2.05, 4.69) is 128 Å². The number of benzene rings is 5. The minimum absolute atomic E-state index is 0.237. The maximum atomic E-state index is 2.42. The van der Waals surface area contributed by atoms with Gasteiger partial charge in [0.25, 0.3) is 0 Å². The van der Waals surface area contributed by atoms with Crippen molar-refractivity contribution >= 4 is 0 Å². The molecule has 1 atom stereocenters. The van der Waals surface area contributed by atoms with E-state index in [1.807, 2.05) is 0 Å². The van der Waals surface area contributed by atoms with Crippen molar-refractivity contribution in [2.75, 3.05) is 0 Å². The Morgan fingerprint density at radius 3 is 1.69 bits per heavy atom. The summed E-state index contributed by atoms with van der Waals surface area (Å²) in [6.45, 7) is 2.29. The summed E-state index contributed by atoms with van der Waals surface area (Å²) in [4.78, 5) is 0. The highest BCUT2D eigenvalue weighted by Crippen LogP contribution is 2.54. The molecule has 1 aliphatic carbocycles. The Hall–Kier alpha value is -3.90. The molecule has 0 saturated carbocycles. The molecule has 5 aromatic rings. The molecule has 0 unspecified atom stereocenters. The number of fused-ring (bicyclic) bond motifs is 3. The second-order valence-corrected chi connectivity index (χ2v) is 8.55. The molecule has 0 amide bonds. The number of hydrogen-bond donors (Lipinski definition) is 0. The average molecular weight is 409 g/mol. The summed E-state index contributed by atoms with van der Waals surface area (Å²) >= 11 is 0. The molecule has 152 valence electrons. The second-order valence-electron chi connectivity index (χ2n) is 8.55. The van der Waals surface area contributed by atoms with Crippen molar-refractivity contribution < 1.29 is 0 Å². The van der Waals surface area contributed by atoms with E-state index in [0.29, 0.717) is 0 Å². The predicted octanol–water partition coefficient (Wildman–Crippen LogP) is 8.49. The first-order chi connectivity index (χ1) is 15.8. The first-order valence-electron chi connectivity index (χ1n) is 11.3. The lowest BCUT2D eigenvalue weighted by atomic mass is 9.82. The van der Waals surface area contributed by atoms with Gasteiger partial charge in [-0.15, -0.1) is 0 Å². The smallest absolute Gasteiger partial charge is 0.0358 e. The molecule has 0 bridgehead atoms. The van der Waals surface area contributed by atoms with Crippen molar-refractivity contribution in [1.29, 1.82) is 0 Å². The highest BCUT2D eigenvalue weighted by molar-refractivity contribution is 5.94. The Labute approximate surface area is 189 Å². The zero-order chi connectivity index (χ0) is 21.5. The van der Waals surface area contributed by atoms with Gasteiger partial charge in [-0.3, -0.25) is 0 Å². The molecule has 6 rings (SSSR count). The van der Waals surface area contributed by atoms with Gasteiger partial charge in [-0.25, -0.2) is 0 Å². The van der Waals surface area contributed by atoms with Gasteiger partial charge in [-0.05, 0) is 68.6 Å². The maximum absolute atomic E-state index is 2.42. The minimum atomic E-state index is 0.237. The first kappa shape index (κ1) is 18.8.